The molecule has 7 heteroatoms. The maximum absolute atomic E-state index is 13.7. The number of hydrogen-bond acceptors (Lipinski definition) is 3. The Morgan fingerprint density at radius 2 is 2.18 bits per heavy atom. The molecule has 3 rings (SSSR count). The van der Waals surface area contributed by atoms with E-state index in [1.165, 1.54) is 17.3 Å². The number of carboxylic acid groups (broad SMARTS) is 1. The molecule has 2 atom stereocenters. The second-order valence-electron chi connectivity index (χ2n) is 5.67. The lowest BCUT2D eigenvalue weighted by molar-refractivity contribution is -0.143. The average molecular weight is 305 g/mol. The van der Waals surface area contributed by atoms with Crippen LogP contribution in [0.1, 0.15) is 30.1 Å². The Morgan fingerprint density at radius 3 is 2.91 bits per heavy atom. The van der Waals surface area contributed by atoms with E-state index in [1.54, 1.807) is 0 Å². The predicted molar refractivity (Wildman–Crippen MR) is 76.9 cm³/mol. The van der Waals surface area contributed by atoms with Crippen LogP contribution in [-0.2, 0) is 4.79 Å². The number of H-pyrrole nitrogens is 1. The van der Waals surface area contributed by atoms with Gasteiger partial charge in [0.05, 0.1) is 23.3 Å². The third-order valence-electron chi connectivity index (χ3n) is 4.21. The summed E-state index contributed by atoms with van der Waals surface area (Å²) in [5, 5.41) is 9.16. The van der Waals surface area contributed by atoms with E-state index >= 15 is 0 Å². The molecular weight excluding hydrogens is 289 g/mol. The van der Waals surface area contributed by atoms with E-state index in [0.717, 1.165) is 6.07 Å². The predicted octanol–water partition coefficient (Wildman–Crippen LogP) is 2.03. The van der Waals surface area contributed by atoms with Crippen molar-refractivity contribution in [3.8, 4) is 0 Å². The van der Waals surface area contributed by atoms with Crippen LogP contribution in [0.3, 0.4) is 0 Å². The number of carbonyl (C=O) groups is 2. The van der Waals surface area contributed by atoms with Gasteiger partial charge in [0.2, 0.25) is 0 Å². The largest absolute Gasteiger partial charge is 0.481 e. The molecule has 6 nitrogen and oxygen atoms in total. The summed E-state index contributed by atoms with van der Waals surface area (Å²) in [6, 6.07) is 2.35. The van der Waals surface area contributed by atoms with Gasteiger partial charge in [-0.3, -0.25) is 9.59 Å². The molecule has 0 radical (unpaired) electrons. The van der Waals surface area contributed by atoms with Crippen LogP contribution >= 0.6 is 0 Å². The van der Waals surface area contributed by atoms with E-state index in [-0.39, 0.29) is 24.1 Å². The molecule has 1 saturated heterocycles. The third-order valence-corrected chi connectivity index (χ3v) is 4.21. The van der Waals surface area contributed by atoms with Gasteiger partial charge < -0.3 is 15.0 Å². The maximum Gasteiger partial charge on any atom is 0.308 e. The van der Waals surface area contributed by atoms with Crippen molar-refractivity contribution >= 4 is 22.9 Å². The van der Waals surface area contributed by atoms with Crippen molar-refractivity contribution in [3.05, 3.63) is 29.8 Å². The van der Waals surface area contributed by atoms with Gasteiger partial charge in [-0.1, -0.05) is 0 Å². The van der Waals surface area contributed by atoms with Gasteiger partial charge in [0.15, 0.2) is 0 Å². The monoisotopic (exact) mass is 305 g/mol. The Morgan fingerprint density at radius 1 is 1.41 bits per heavy atom. The van der Waals surface area contributed by atoms with Gasteiger partial charge in [0, 0.05) is 12.6 Å². The second kappa shape index (κ2) is 5.40. The number of hydrogen-bond donors (Lipinski definition) is 2. The highest BCUT2D eigenvalue weighted by atomic mass is 19.1. The molecule has 0 aliphatic carbocycles. The van der Waals surface area contributed by atoms with Gasteiger partial charge >= 0.3 is 5.97 Å². The number of amides is 1. The Bertz CT molecular complexity index is 743. The number of halogens is 1. The summed E-state index contributed by atoms with van der Waals surface area (Å²) in [6.07, 6.45) is 2.56. The third kappa shape index (κ3) is 2.43. The van der Waals surface area contributed by atoms with Crippen molar-refractivity contribution in [2.75, 3.05) is 6.54 Å². The van der Waals surface area contributed by atoms with E-state index in [9.17, 15) is 14.0 Å². The molecule has 2 N–H and O–H groups in total. The molecule has 2 heterocycles. The summed E-state index contributed by atoms with van der Waals surface area (Å²) in [5.74, 6) is -2.40. The second-order valence-corrected chi connectivity index (χ2v) is 5.67. The fourth-order valence-electron chi connectivity index (χ4n) is 2.92. The number of nitrogens with one attached hydrogen (secondary N) is 1. The van der Waals surface area contributed by atoms with E-state index in [2.05, 4.69) is 9.97 Å². The van der Waals surface area contributed by atoms with Gasteiger partial charge in [0.25, 0.3) is 5.91 Å². The molecule has 1 amide bonds. The number of aliphatic carboxylic acids is 1. The Hall–Kier alpha value is -2.44. The SMILES string of the molecule is CC1CCC(C(=O)O)CN1C(=O)c1cc(F)cc2[nH]cnc12. The van der Waals surface area contributed by atoms with Crippen molar-refractivity contribution < 1.29 is 19.1 Å². The van der Waals surface area contributed by atoms with Crippen molar-refractivity contribution in [2.24, 2.45) is 5.92 Å². The highest BCUT2D eigenvalue weighted by Crippen LogP contribution is 2.26. The standard InChI is InChI=1S/C15H16FN3O3/c1-8-2-3-9(15(21)22)6-19(8)14(20)11-4-10(16)5-12-13(11)18-7-17-12/h4-5,7-9H,2-3,6H2,1H3,(H,17,18)(H,21,22). The Balaban J connectivity index is 1.97. The number of fused-ring (bicyclic) bond motifs is 1. The highest BCUT2D eigenvalue weighted by molar-refractivity contribution is 6.05. The van der Waals surface area contributed by atoms with Crippen molar-refractivity contribution in [1.82, 2.24) is 14.9 Å². The average Bonchev–Trinajstić information content (AvgIpc) is 2.94. The highest BCUT2D eigenvalue weighted by Gasteiger charge is 2.33. The number of benzene rings is 1. The van der Waals surface area contributed by atoms with E-state index < -0.39 is 17.7 Å². The van der Waals surface area contributed by atoms with Crippen LogP contribution in [0.4, 0.5) is 4.39 Å². The fraction of sp³-hybridized carbons (Fsp3) is 0.400. The smallest absolute Gasteiger partial charge is 0.308 e. The Labute approximate surface area is 125 Å². The number of carboxylic acids is 1. The number of likely N-dealkylation sites (tertiary alicyclic amines) is 1. The molecule has 0 bridgehead atoms. The number of aromatic nitrogens is 2. The quantitative estimate of drug-likeness (QED) is 0.889. The van der Waals surface area contributed by atoms with Gasteiger partial charge in [-0.05, 0) is 31.9 Å². The maximum atomic E-state index is 13.7. The number of carbonyl (C=O) groups excluding carboxylic acids is 1. The zero-order valence-electron chi connectivity index (χ0n) is 12.0. The van der Waals surface area contributed by atoms with E-state index in [1.807, 2.05) is 6.92 Å². The number of rotatable bonds is 2. The topological polar surface area (TPSA) is 86.3 Å². The van der Waals surface area contributed by atoms with Gasteiger partial charge in [-0.15, -0.1) is 0 Å². The van der Waals surface area contributed by atoms with Gasteiger partial charge in [0.1, 0.15) is 11.3 Å². The molecular formula is C15H16FN3O3. The zero-order valence-corrected chi connectivity index (χ0v) is 12.0. The minimum Gasteiger partial charge on any atom is -0.481 e. The molecule has 1 aliphatic rings. The number of piperidine rings is 1. The number of aromatic amines is 1. The Kier molecular flexibility index (Phi) is 3.56. The van der Waals surface area contributed by atoms with Crippen LogP contribution in [-0.4, -0.2) is 44.4 Å². The zero-order chi connectivity index (χ0) is 15.9. The summed E-state index contributed by atoms with van der Waals surface area (Å²) in [6.45, 7) is 2.01. The van der Waals surface area contributed by atoms with E-state index in [4.69, 9.17) is 5.11 Å². The fourth-order valence-corrected chi connectivity index (χ4v) is 2.92. The molecule has 1 aliphatic heterocycles. The van der Waals surface area contributed by atoms with Crippen LogP contribution in [0.25, 0.3) is 11.0 Å². The van der Waals surface area contributed by atoms with Crippen LogP contribution in [0, 0.1) is 11.7 Å². The first kappa shape index (κ1) is 14.5. The summed E-state index contributed by atoms with van der Waals surface area (Å²) in [5.41, 5.74) is 1.01. The summed E-state index contributed by atoms with van der Waals surface area (Å²) in [4.78, 5) is 32.3. The number of nitrogens with zero attached hydrogens (tertiary/aromatic N) is 2. The molecule has 2 unspecified atom stereocenters. The first-order valence-corrected chi connectivity index (χ1v) is 7.13. The molecule has 1 aromatic carbocycles. The molecule has 1 aromatic heterocycles. The molecule has 22 heavy (non-hydrogen) atoms. The first-order valence-electron chi connectivity index (χ1n) is 7.13. The lowest BCUT2D eigenvalue weighted by atomic mass is 9.93. The number of imidazole rings is 1. The van der Waals surface area contributed by atoms with Crippen LogP contribution in [0.5, 0.6) is 0 Å². The van der Waals surface area contributed by atoms with Crippen LogP contribution in [0.2, 0.25) is 0 Å². The minimum atomic E-state index is -0.908. The summed E-state index contributed by atoms with van der Waals surface area (Å²) >= 11 is 0. The molecule has 2 aromatic rings. The lowest BCUT2D eigenvalue weighted by Crippen LogP contribution is -2.47. The summed E-state index contributed by atoms with van der Waals surface area (Å²) < 4.78 is 13.7. The van der Waals surface area contributed by atoms with Gasteiger partial charge in [-0.2, -0.15) is 0 Å². The molecule has 0 saturated carbocycles. The normalized spacial score (nSPS) is 22.0. The van der Waals surface area contributed by atoms with Crippen LogP contribution in [0.15, 0.2) is 18.5 Å². The minimum absolute atomic E-state index is 0.0830. The van der Waals surface area contributed by atoms with E-state index in [0.29, 0.717) is 23.9 Å². The van der Waals surface area contributed by atoms with Gasteiger partial charge in [-0.25, -0.2) is 9.37 Å². The van der Waals surface area contributed by atoms with Crippen LogP contribution < -0.4 is 0 Å². The van der Waals surface area contributed by atoms with Crippen molar-refractivity contribution in [2.45, 2.75) is 25.8 Å². The first-order chi connectivity index (χ1) is 10.5. The molecule has 116 valence electrons. The molecule has 0 spiro atoms. The lowest BCUT2D eigenvalue weighted by Gasteiger charge is -2.36. The van der Waals surface area contributed by atoms with Crippen molar-refractivity contribution in [1.29, 1.82) is 0 Å². The molecule has 1 fully saturated rings. The van der Waals surface area contributed by atoms with Crippen molar-refractivity contribution in [3.63, 3.8) is 0 Å². The summed E-state index contributed by atoms with van der Waals surface area (Å²) in [7, 11) is 0.